The fraction of sp³-hybridized carbons (Fsp3) is 0.300. The number of aryl methyl sites for hydroxylation is 1. The normalized spacial score (nSPS) is 10.0. The predicted molar refractivity (Wildman–Crippen MR) is 103 cm³/mol. The summed E-state index contributed by atoms with van der Waals surface area (Å²) in [6.07, 6.45) is 0.924. The Morgan fingerprint density at radius 2 is 1.50 bits per heavy atom. The van der Waals surface area contributed by atoms with Gasteiger partial charge in [-0.1, -0.05) is 19.1 Å². The monoisotopic (exact) mass is 388 g/mol. The summed E-state index contributed by atoms with van der Waals surface area (Å²) in [6, 6.07) is 10.4. The number of methoxy groups -OCH3 is 3. The molecular formula is C20H24N2O6. The van der Waals surface area contributed by atoms with Gasteiger partial charge in [0.05, 0.1) is 21.3 Å². The lowest BCUT2D eigenvalue weighted by Gasteiger charge is -2.14. The zero-order valence-electron chi connectivity index (χ0n) is 16.3. The molecule has 8 nitrogen and oxygen atoms in total. The largest absolute Gasteiger partial charge is 0.493 e. The van der Waals surface area contributed by atoms with Gasteiger partial charge in [0.25, 0.3) is 11.8 Å². The number of benzene rings is 2. The van der Waals surface area contributed by atoms with Gasteiger partial charge in [0.15, 0.2) is 18.1 Å². The van der Waals surface area contributed by atoms with Crippen LogP contribution < -0.4 is 29.8 Å². The molecule has 0 aromatic heterocycles. The van der Waals surface area contributed by atoms with E-state index in [9.17, 15) is 9.59 Å². The van der Waals surface area contributed by atoms with Crippen molar-refractivity contribution in [1.82, 2.24) is 10.9 Å². The summed E-state index contributed by atoms with van der Waals surface area (Å²) in [7, 11) is 4.37. The van der Waals surface area contributed by atoms with E-state index in [1.165, 1.54) is 39.0 Å². The molecule has 150 valence electrons. The fourth-order valence-corrected chi connectivity index (χ4v) is 2.42. The molecule has 2 aromatic rings. The Morgan fingerprint density at radius 3 is 2.00 bits per heavy atom. The standard InChI is InChI=1S/C20H24N2O6/c1-5-13-6-8-15(9-7-13)28-12-18(23)21-22-20(24)14-10-16(25-2)19(27-4)17(11-14)26-3/h6-11H,5,12H2,1-4H3,(H,21,23)(H,22,24). The van der Waals surface area contributed by atoms with Crippen LogP contribution in [0.3, 0.4) is 0 Å². The van der Waals surface area contributed by atoms with Crippen LogP contribution in [0.2, 0.25) is 0 Å². The summed E-state index contributed by atoms with van der Waals surface area (Å²) < 4.78 is 21.0. The molecule has 0 aliphatic rings. The highest BCUT2D eigenvalue weighted by molar-refractivity contribution is 5.96. The van der Waals surface area contributed by atoms with E-state index >= 15 is 0 Å². The maximum absolute atomic E-state index is 12.3. The van der Waals surface area contributed by atoms with Crippen LogP contribution >= 0.6 is 0 Å². The van der Waals surface area contributed by atoms with Crippen molar-refractivity contribution in [3.8, 4) is 23.0 Å². The molecule has 2 rings (SSSR count). The zero-order chi connectivity index (χ0) is 20.5. The molecule has 0 spiro atoms. The molecule has 0 saturated carbocycles. The Hall–Kier alpha value is -3.42. The number of carbonyl (C=O) groups is 2. The van der Waals surface area contributed by atoms with Gasteiger partial charge in [0.1, 0.15) is 5.75 Å². The van der Waals surface area contributed by atoms with Crippen molar-refractivity contribution >= 4 is 11.8 Å². The molecule has 0 unspecified atom stereocenters. The Kier molecular flexibility index (Phi) is 7.50. The molecule has 0 atom stereocenters. The third kappa shape index (κ3) is 5.29. The molecule has 2 amide bonds. The predicted octanol–water partition coefficient (Wildman–Crippen LogP) is 2.11. The van der Waals surface area contributed by atoms with Crippen LogP contribution in [0.4, 0.5) is 0 Å². The number of hydrogen-bond donors (Lipinski definition) is 2. The first-order chi connectivity index (χ1) is 13.5. The van der Waals surface area contributed by atoms with Crippen molar-refractivity contribution < 1.29 is 28.5 Å². The molecule has 0 heterocycles. The first-order valence-electron chi connectivity index (χ1n) is 8.63. The topological polar surface area (TPSA) is 95.1 Å². The first-order valence-corrected chi connectivity index (χ1v) is 8.63. The molecule has 2 aromatic carbocycles. The lowest BCUT2D eigenvalue weighted by molar-refractivity contribution is -0.123. The average molecular weight is 388 g/mol. The van der Waals surface area contributed by atoms with E-state index in [1.807, 2.05) is 12.1 Å². The Morgan fingerprint density at radius 1 is 0.893 bits per heavy atom. The summed E-state index contributed by atoms with van der Waals surface area (Å²) in [4.78, 5) is 24.2. The minimum atomic E-state index is -0.542. The van der Waals surface area contributed by atoms with Crippen molar-refractivity contribution in [3.05, 3.63) is 47.5 Å². The van der Waals surface area contributed by atoms with Gasteiger partial charge in [-0.05, 0) is 36.2 Å². The number of nitrogens with one attached hydrogen (secondary N) is 2. The number of hydrazine groups is 1. The van der Waals surface area contributed by atoms with E-state index in [2.05, 4.69) is 17.8 Å². The van der Waals surface area contributed by atoms with Gasteiger partial charge >= 0.3 is 0 Å². The highest BCUT2D eigenvalue weighted by Crippen LogP contribution is 2.38. The number of hydrogen-bond acceptors (Lipinski definition) is 6. The van der Waals surface area contributed by atoms with Crippen molar-refractivity contribution in [2.24, 2.45) is 0 Å². The molecule has 0 aliphatic carbocycles. The highest BCUT2D eigenvalue weighted by Gasteiger charge is 2.17. The van der Waals surface area contributed by atoms with Gasteiger partial charge in [-0.3, -0.25) is 20.4 Å². The maximum Gasteiger partial charge on any atom is 0.276 e. The second-order valence-corrected chi connectivity index (χ2v) is 5.70. The van der Waals surface area contributed by atoms with Gasteiger partial charge in [0, 0.05) is 5.56 Å². The van der Waals surface area contributed by atoms with Crippen LogP contribution in [0.15, 0.2) is 36.4 Å². The summed E-state index contributed by atoms with van der Waals surface area (Å²) in [5.74, 6) is 0.561. The Bertz CT molecular complexity index is 795. The van der Waals surface area contributed by atoms with E-state index < -0.39 is 11.8 Å². The lowest BCUT2D eigenvalue weighted by Crippen LogP contribution is -2.43. The third-order valence-corrected chi connectivity index (χ3v) is 3.94. The van der Waals surface area contributed by atoms with Crippen LogP contribution in [-0.2, 0) is 11.2 Å². The van der Waals surface area contributed by atoms with Gasteiger partial charge in [-0.25, -0.2) is 0 Å². The smallest absolute Gasteiger partial charge is 0.276 e. The van der Waals surface area contributed by atoms with Crippen LogP contribution in [0.1, 0.15) is 22.8 Å². The van der Waals surface area contributed by atoms with Gasteiger partial charge in [-0.15, -0.1) is 0 Å². The van der Waals surface area contributed by atoms with Crippen LogP contribution in [0.25, 0.3) is 0 Å². The summed E-state index contributed by atoms with van der Waals surface area (Å²) in [5, 5.41) is 0. The van der Waals surface area contributed by atoms with Crippen molar-refractivity contribution in [1.29, 1.82) is 0 Å². The van der Waals surface area contributed by atoms with Gasteiger partial charge in [-0.2, -0.15) is 0 Å². The minimum absolute atomic E-state index is 0.228. The Balaban J connectivity index is 1.92. The summed E-state index contributed by atoms with van der Waals surface area (Å²) in [6.45, 7) is 1.82. The lowest BCUT2D eigenvalue weighted by atomic mass is 10.1. The highest BCUT2D eigenvalue weighted by atomic mass is 16.5. The van der Waals surface area contributed by atoms with Crippen molar-refractivity contribution in [2.45, 2.75) is 13.3 Å². The molecule has 2 N–H and O–H groups in total. The molecule has 0 aliphatic heterocycles. The fourth-order valence-electron chi connectivity index (χ4n) is 2.42. The summed E-state index contributed by atoms with van der Waals surface area (Å²) in [5.41, 5.74) is 6.03. The number of rotatable bonds is 8. The number of carbonyl (C=O) groups excluding carboxylic acids is 2. The second kappa shape index (κ2) is 10.1. The molecule has 8 heteroatoms. The van der Waals surface area contributed by atoms with Crippen molar-refractivity contribution in [2.75, 3.05) is 27.9 Å². The van der Waals surface area contributed by atoms with E-state index in [0.29, 0.717) is 23.0 Å². The van der Waals surface area contributed by atoms with E-state index in [4.69, 9.17) is 18.9 Å². The second-order valence-electron chi connectivity index (χ2n) is 5.70. The number of ether oxygens (including phenoxy) is 4. The van der Waals surface area contributed by atoms with Crippen LogP contribution in [0.5, 0.6) is 23.0 Å². The summed E-state index contributed by atoms with van der Waals surface area (Å²) >= 11 is 0. The first kappa shape index (κ1) is 20.9. The molecular weight excluding hydrogens is 364 g/mol. The molecule has 0 bridgehead atoms. The minimum Gasteiger partial charge on any atom is -0.493 e. The van der Waals surface area contributed by atoms with Gasteiger partial charge < -0.3 is 18.9 Å². The zero-order valence-corrected chi connectivity index (χ0v) is 16.3. The maximum atomic E-state index is 12.3. The quantitative estimate of drug-likeness (QED) is 0.673. The van der Waals surface area contributed by atoms with Gasteiger partial charge in [0.2, 0.25) is 5.75 Å². The Labute approximate surface area is 163 Å². The third-order valence-electron chi connectivity index (χ3n) is 3.94. The molecule has 28 heavy (non-hydrogen) atoms. The average Bonchev–Trinajstić information content (AvgIpc) is 2.74. The SMILES string of the molecule is CCc1ccc(OCC(=O)NNC(=O)c2cc(OC)c(OC)c(OC)c2)cc1. The van der Waals surface area contributed by atoms with Crippen LogP contribution in [-0.4, -0.2) is 39.8 Å². The van der Waals surface area contributed by atoms with E-state index in [-0.39, 0.29) is 12.2 Å². The van der Waals surface area contributed by atoms with Crippen LogP contribution in [0, 0.1) is 0 Å². The van der Waals surface area contributed by atoms with E-state index in [0.717, 1.165) is 6.42 Å². The molecule has 0 saturated heterocycles. The molecule has 0 fully saturated rings. The number of amides is 2. The van der Waals surface area contributed by atoms with E-state index in [1.54, 1.807) is 12.1 Å². The molecule has 0 radical (unpaired) electrons. The van der Waals surface area contributed by atoms with Crippen molar-refractivity contribution in [3.63, 3.8) is 0 Å².